The zero-order valence-corrected chi connectivity index (χ0v) is 23.8. The maximum absolute atomic E-state index is 12.9. The first kappa shape index (κ1) is 26.2. The third-order valence-corrected chi connectivity index (χ3v) is 8.32. The second-order valence-corrected chi connectivity index (χ2v) is 11.3. The van der Waals surface area contributed by atoms with Gasteiger partial charge in [0.1, 0.15) is 17.7 Å². The summed E-state index contributed by atoms with van der Waals surface area (Å²) in [5, 5.41) is 12.9. The van der Waals surface area contributed by atoms with Crippen LogP contribution in [0.5, 0.6) is 5.75 Å². The maximum atomic E-state index is 12.9. The van der Waals surface area contributed by atoms with Crippen LogP contribution < -0.4 is 9.64 Å². The van der Waals surface area contributed by atoms with E-state index < -0.39 is 5.60 Å². The lowest BCUT2D eigenvalue weighted by Gasteiger charge is -2.37. The molecule has 0 bridgehead atoms. The fourth-order valence-electron chi connectivity index (χ4n) is 5.90. The van der Waals surface area contributed by atoms with Gasteiger partial charge in [0.25, 0.3) is 0 Å². The average molecular weight is 568 g/mol. The van der Waals surface area contributed by atoms with E-state index in [1.165, 1.54) is 5.56 Å². The Kier molecular flexibility index (Phi) is 6.60. The number of aryl methyl sites for hydroxylation is 1. The van der Waals surface area contributed by atoms with E-state index in [1.54, 1.807) is 21.9 Å². The van der Waals surface area contributed by atoms with E-state index in [2.05, 4.69) is 39.1 Å². The number of pyridine rings is 1. The highest BCUT2D eigenvalue weighted by molar-refractivity contribution is 5.71. The molecular weight excluding hydrogens is 534 g/mol. The van der Waals surface area contributed by atoms with E-state index in [9.17, 15) is 4.79 Å². The molecule has 1 atom stereocenters. The molecule has 1 aromatic carbocycles. The lowest BCUT2D eigenvalue weighted by molar-refractivity contribution is 0.0366. The molecule has 6 heterocycles. The molecule has 12 nitrogen and oxygen atoms in total. The van der Waals surface area contributed by atoms with Crippen LogP contribution in [-0.2, 0) is 11.2 Å². The quantitative estimate of drug-likeness (QED) is 0.277. The van der Waals surface area contributed by atoms with Gasteiger partial charge in [0, 0.05) is 57.2 Å². The highest BCUT2D eigenvalue weighted by atomic mass is 16.6. The average Bonchev–Trinajstić information content (AvgIpc) is 3.73. The van der Waals surface area contributed by atoms with Gasteiger partial charge < -0.3 is 19.3 Å². The predicted octanol–water partition coefficient (Wildman–Crippen LogP) is 3.69. The molecule has 0 N–H and O–H groups in total. The second-order valence-electron chi connectivity index (χ2n) is 11.3. The number of piperidine rings is 1. The fourth-order valence-corrected chi connectivity index (χ4v) is 5.90. The minimum absolute atomic E-state index is 0.268. The Balaban J connectivity index is 0.963. The first-order valence-electron chi connectivity index (χ1n) is 14.4. The summed E-state index contributed by atoms with van der Waals surface area (Å²) in [4.78, 5) is 26.1. The van der Waals surface area contributed by atoms with E-state index in [1.807, 2.05) is 48.0 Å². The summed E-state index contributed by atoms with van der Waals surface area (Å²) in [6.07, 6.45) is 8.85. The molecular formula is C30H33N9O3. The summed E-state index contributed by atoms with van der Waals surface area (Å²) < 4.78 is 15.7. The van der Waals surface area contributed by atoms with Gasteiger partial charge in [0.2, 0.25) is 5.65 Å². The van der Waals surface area contributed by atoms with Gasteiger partial charge in [-0.25, -0.2) is 19.3 Å². The molecule has 0 aliphatic carbocycles. The molecule has 1 unspecified atom stereocenters. The van der Waals surface area contributed by atoms with Crippen LogP contribution >= 0.6 is 0 Å². The normalized spacial score (nSPS) is 17.3. The Labute approximate surface area is 242 Å². The Bertz CT molecular complexity index is 1730. The number of carbonyl (C=O) groups is 1. The summed E-state index contributed by atoms with van der Waals surface area (Å²) in [6, 6.07) is 12.3. The molecule has 2 saturated heterocycles. The third kappa shape index (κ3) is 4.97. The highest BCUT2D eigenvalue weighted by Crippen LogP contribution is 2.35. The van der Waals surface area contributed by atoms with Crippen LogP contribution in [0.4, 0.5) is 10.6 Å². The van der Waals surface area contributed by atoms with Crippen LogP contribution in [0.25, 0.3) is 11.3 Å². The van der Waals surface area contributed by atoms with Gasteiger partial charge in [-0.3, -0.25) is 4.40 Å². The standard InChI is InChI=1S/C30H33N9O3/c1-21-16-24(41-18-22(2)23-6-4-3-5-7-23)17-39-26(21)33-25(35-39)8-12-37-19-30(42-29(37)40)9-13-36(14-10-30)27-28-34-32-20-38(28)15-11-31-27/h3-7,11,15-17,20,22H,8-10,12-14,18-19H2,1-2H3. The van der Waals surface area contributed by atoms with E-state index >= 15 is 0 Å². The molecule has 12 heteroatoms. The minimum atomic E-state index is -0.488. The highest BCUT2D eigenvalue weighted by Gasteiger charge is 2.47. The molecule has 1 spiro atoms. The van der Waals surface area contributed by atoms with Crippen molar-refractivity contribution in [2.45, 2.75) is 44.6 Å². The van der Waals surface area contributed by atoms with E-state index in [0.29, 0.717) is 31.9 Å². The summed E-state index contributed by atoms with van der Waals surface area (Å²) in [5.74, 6) is 2.51. The lowest BCUT2D eigenvalue weighted by atomic mass is 9.91. The smallest absolute Gasteiger partial charge is 0.410 e. The fraction of sp³-hybridized carbons (Fsp3) is 0.400. The molecule has 4 aromatic heterocycles. The Morgan fingerprint density at radius 3 is 2.81 bits per heavy atom. The molecule has 42 heavy (non-hydrogen) atoms. The van der Waals surface area contributed by atoms with Crippen molar-refractivity contribution >= 4 is 23.2 Å². The molecule has 2 aliphatic heterocycles. The summed E-state index contributed by atoms with van der Waals surface area (Å²) >= 11 is 0. The molecule has 5 aromatic rings. The Morgan fingerprint density at radius 1 is 1.14 bits per heavy atom. The number of fused-ring (bicyclic) bond motifs is 2. The van der Waals surface area contributed by atoms with Crippen LogP contribution in [0.15, 0.2) is 61.3 Å². The van der Waals surface area contributed by atoms with Gasteiger partial charge in [-0.05, 0) is 24.1 Å². The monoisotopic (exact) mass is 567 g/mol. The number of benzene rings is 1. The molecule has 0 radical (unpaired) electrons. The van der Waals surface area contributed by atoms with E-state index in [4.69, 9.17) is 19.6 Å². The van der Waals surface area contributed by atoms with Gasteiger partial charge in [0.05, 0.1) is 19.3 Å². The number of anilines is 1. The first-order chi connectivity index (χ1) is 20.5. The molecule has 0 saturated carbocycles. The largest absolute Gasteiger partial charge is 0.491 e. The van der Waals surface area contributed by atoms with Crippen molar-refractivity contribution in [2.24, 2.45) is 0 Å². The van der Waals surface area contributed by atoms with Crippen molar-refractivity contribution in [3.63, 3.8) is 0 Å². The molecule has 7 rings (SSSR count). The number of amides is 1. The van der Waals surface area contributed by atoms with Gasteiger partial charge in [0.15, 0.2) is 17.3 Å². The van der Waals surface area contributed by atoms with Crippen molar-refractivity contribution in [1.29, 1.82) is 0 Å². The third-order valence-electron chi connectivity index (χ3n) is 8.32. The molecule has 2 aliphatic rings. The van der Waals surface area contributed by atoms with Gasteiger partial charge in [-0.2, -0.15) is 5.10 Å². The topological polar surface area (TPSA) is 115 Å². The van der Waals surface area contributed by atoms with E-state index in [-0.39, 0.29) is 12.0 Å². The number of nitrogens with zero attached hydrogens (tertiary/aromatic N) is 9. The van der Waals surface area contributed by atoms with Crippen LogP contribution in [0.2, 0.25) is 0 Å². The van der Waals surface area contributed by atoms with Crippen LogP contribution in [0.1, 0.15) is 42.6 Å². The van der Waals surface area contributed by atoms with Crippen LogP contribution in [0.3, 0.4) is 0 Å². The maximum Gasteiger partial charge on any atom is 0.410 e. The van der Waals surface area contributed by atoms with Crippen molar-refractivity contribution < 1.29 is 14.3 Å². The van der Waals surface area contributed by atoms with Gasteiger partial charge in [-0.15, -0.1) is 10.2 Å². The van der Waals surface area contributed by atoms with Crippen molar-refractivity contribution in [3.8, 4) is 5.75 Å². The van der Waals surface area contributed by atoms with Crippen molar-refractivity contribution in [2.75, 3.05) is 37.7 Å². The minimum Gasteiger partial charge on any atom is -0.491 e. The van der Waals surface area contributed by atoms with E-state index in [0.717, 1.165) is 54.4 Å². The summed E-state index contributed by atoms with van der Waals surface area (Å²) in [5.41, 5.74) is 3.26. The second kappa shape index (κ2) is 10.6. The van der Waals surface area contributed by atoms with Gasteiger partial charge in [-0.1, -0.05) is 37.3 Å². The SMILES string of the molecule is Cc1cc(OCC(C)c2ccccc2)cn2nc(CCN3CC4(CCN(c5nccn6cnnc56)CC4)OC3=O)nc12. The number of aromatic nitrogens is 7. The molecule has 216 valence electrons. The van der Waals surface area contributed by atoms with Crippen LogP contribution in [-0.4, -0.2) is 83.6 Å². The number of hydrogen-bond donors (Lipinski definition) is 0. The number of rotatable bonds is 8. The Hall–Kier alpha value is -4.74. The number of hydrogen-bond acceptors (Lipinski definition) is 9. The predicted molar refractivity (Wildman–Crippen MR) is 155 cm³/mol. The zero-order chi connectivity index (χ0) is 28.7. The van der Waals surface area contributed by atoms with Crippen molar-refractivity contribution in [3.05, 3.63) is 78.3 Å². The number of carbonyl (C=O) groups excluding carboxylic acids is 1. The summed E-state index contributed by atoms with van der Waals surface area (Å²) in [6.45, 7) is 7.24. The van der Waals surface area contributed by atoms with Crippen molar-refractivity contribution in [1.82, 2.24) is 39.1 Å². The van der Waals surface area contributed by atoms with Crippen LogP contribution in [0, 0.1) is 6.92 Å². The Morgan fingerprint density at radius 2 is 1.98 bits per heavy atom. The first-order valence-corrected chi connectivity index (χ1v) is 14.4. The number of ether oxygens (including phenoxy) is 2. The molecule has 2 fully saturated rings. The lowest BCUT2D eigenvalue weighted by Crippen LogP contribution is -2.47. The zero-order valence-electron chi connectivity index (χ0n) is 23.8. The summed E-state index contributed by atoms with van der Waals surface area (Å²) in [7, 11) is 0. The van der Waals surface area contributed by atoms with Gasteiger partial charge >= 0.3 is 6.09 Å². The molecule has 1 amide bonds.